The Morgan fingerprint density at radius 3 is 2.22 bits per heavy atom. The van der Waals surface area contributed by atoms with Crippen molar-refractivity contribution < 1.29 is 0 Å². The SMILES string of the molecule is CC[SiH]1CC[SiH](Cl)CC1. The van der Waals surface area contributed by atoms with Crippen LogP contribution in [-0.4, -0.2) is 16.9 Å². The lowest BCUT2D eigenvalue weighted by Gasteiger charge is -2.20. The normalized spacial score (nSPS) is 36.7. The van der Waals surface area contributed by atoms with Crippen LogP contribution in [0.4, 0.5) is 0 Å². The highest BCUT2D eigenvalue weighted by Crippen LogP contribution is 2.24. The largest absolute Gasteiger partial charge is 0.172 e. The second-order valence-electron chi connectivity index (χ2n) is 3.03. The molecule has 1 aliphatic rings. The van der Waals surface area contributed by atoms with Crippen LogP contribution in [0.2, 0.25) is 30.2 Å². The third-order valence-electron chi connectivity index (χ3n) is 2.35. The van der Waals surface area contributed by atoms with Crippen LogP contribution in [0.25, 0.3) is 0 Å². The van der Waals surface area contributed by atoms with E-state index in [1.807, 2.05) is 0 Å². The lowest BCUT2D eigenvalue weighted by Crippen LogP contribution is -2.21. The Balaban J connectivity index is 2.18. The molecule has 0 nitrogen and oxygen atoms in total. The van der Waals surface area contributed by atoms with Crippen molar-refractivity contribution in [3.63, 3.8) is 0 Å². The van der Waals surface area contributed by atoms with Crippen LogP contribution in [0.5, 0.6) is 0 Å². The van der Waals surface area contributed by atoms with E-state index in [-0.39, 0.29) is 8.80 Å². The molecule has 54 valence electrons. The molecule has 0 radical (unpaired) electrons. The van der Waals surface area contributed by atoms with Crippen LogP contribution >= 0.6 is 11.1 Å². The van der Waals surface area contributed by atoms with E-state index in [0.717, 1.165) is 0 Å². The Bertz CT molecular complexity index is 79.1. The molecule has 1 heterocycles. The molecule has 0 amide bonds. The Hall–Kier alpha value is 0.724. The van der Waals surface area contributed by atoms with Crippen molar-refractivity contribution in [2.45, 2.75) is 37.1 Å². The maximum Gasteiger partial charge on any atom is 0.140 e. The van der Waals surface area contributed by atoms with Gasteiger partial charge in [-0.25, -0.2) is 0 Å². The lowest BCUT2D eigenvalue weighted by atomic mass is 10.9. The van der Waals surface area contributed by atoms with Gasteiger partial charge in [-0.05, 0) is 12.1 Å². The van der Waals surface area contributed by atoms with Crippen molar-refractivity contribution in [1.29, 1.82) is 0 Å². The van der Waals surface area contributed by atoms with Crippen molar-refractivity contribution in [2.75, 3.05) is 0 Å². The van der Waals surface area contributed by atoms with Crippen LogP contribution in [0.1, 0.15) is 6.92 Å². The number of rotatable bonds is 1. The minimum Gasteiger partial charge on any atom is -0.172 e. The minimum atomic E-state index is -0.640. The summed E-state index contributed by atoms with van der Waals surface area (Å²) in [5, 5.41) is 0. The molecule has 0 spiro atoms. The molecule has 0 aliphatic carbocycles. The monoisotopic (exact) mass is 178 g/mol. The van der Waals surface area contributed by atoms with Gasteiger partial charge >= 0.3 is 0 Å². The summed E-state index contributed by atoms with van der Waals surface area (Å²) in [7, 11) is -0.834. The highest BCUT2D eigenvalue weighted by Gasteiger charge is 2.19. The summed E-state index contributed by atoms with van der Waals surface area (Å²) < 4.78 is 0. The van der Waals surface area contributed by atoms with E-state index < -0.39 is 8.11 Å². The van der Waals surface area contributed by atoms with Gasteiger partial charge in [-0.1, -0.05) is 25.1 Å². The summed E-state index contributed by atoms with van der Waals surface area (Å²) in [5.74, 6) is 0. The summed E-state index contributed by atoms with van der Waals surface area (Å²) in [6, 6.07) is 7.55. The first kappa shape index (κ1) is 7.83. The van der Waals surface area contributed by atoms with E-state index in [4.69, 9.17) is 11.1 Å². The quantitative estimate of drug-likeness (QED) is 0.427. The first-order valence-electron chi connectivity index (χ1n) is 3.97. The average molecular weight is 179 g/mol. The van der Waals surface area contributed by atoms with E-state index in [0.29, 0.717) is 0 Å². The second kappa shape index (κ2) is 3.79. The number of hydrogen-bond donors (Lipinski definition) is 0. The van der Waals surface area contributed by atoms with Crippen LogP contribution in [0.3, 0.4) is 0 Å². The Kier molecular flexibility index (Phi) is 3.29. The van der Waals surface area contributed by atoms with Crippen molar-refractivity contribution in [3.05, 3.63) is 0 Å². The molecule has 1 aliphatic heterocycles. The fraction of sp³-hybridized carbons (Fsp3) is 1.00. The standard InChI is InChI=1S/C6H15ClSi2/c1-2-8-3-5-9(7)6-4-8/h8-9H,2-6H2,1H3. The first-order chi connectivity index (χ1) is 4.33. The summed E-state index contributed by atoms with van der Waals surface area (Å²) >= 11 is 6.10. The van der Waals surface area contributed by atoms with Gasteiger partial charge in [-0.2, -0.15) is 11.1 Å². The smallest absolute Gasteiger partial charge is 0.140 e. The lowest BCUT2D eigenvalue weighted by molar-refractivity contribution is 1.16. The summed E-state index contributed by atoms with van der Waals surface area (Å²) in [6.07, 6.45) is 0. The van der Waals surface area contributed by atoms with Crippen LogP contribution in [0, 0.1) is 0 Å². The summed E-state index contributed by atoms with van der Waals surface area (Å²) in [5.41, 5.74) is 0. The molecule has 0 bridgehead atoms. The molecule has 0 aromatic carbocycles. The fourth-order valence-electron chi connectivity index (χ4n) is 1.53. The van der Waals surface area contributed by atoms with Gasteiger partial charge in [0.1, 0.15) is 8.11 Å². The molecule has 1 rings (SSSR count). The van der Waals surface area contributed by atoms with Gasteiger partial charge in [-0.15, -0.1) is 0 Å². The van der Waals surface area contributed by atoms with Gasteiger partial charge in [0.25, 0.3) is 0 Å². The average Bonchev–Trinajstić information content (AvgIpc) is 1.90. The van der Waals surface area contributed by atoms with Gasteiger partial charge in [0, 0.05) is 8.80 Å². The molecule has 9 heavy (non-hydrogen) atoms. The molecule has 0 saturated carbocycles. The van der Waals surface area contributed by atoms with Crippen molar-refractivity contribution >= 4 is 28.0 Å². The zero-order valence-corrected chi connectivity index (χ0v) is 9.13. The predicted octanol–water partition coefficient (Wildman–Crippen LogP) is 2.21. The van der Waals surface area contributed by atoms with Gasteiger partial charge in [0.2, 0.25) is 0 Å². The van der Waals surface area contributed by atoms with Gasteiger partial charge in [0.05, 0.1) is 0 Å². The number of hydrogen-bond acceptors (Lipinski definition) is 0. The second-order valence-corrected chi connectivity index (χ2v) is 10.9. The van der Waals surface area contributed by atoms with Gasteiger partial charge in [-0.3, -0.25) is 0 Å². The zero-order chi connectivity index (χ0) is 6.69. The predicted molar refractivity (Wildman–Crippen MR) is 49.9 cm³/mol. The molecule has 3 heteroatoms. The van der Waals surface area contributed by atoms with Crippen molar-refractivity contribution in [3.8, 4) is 0 Å². The van der Waals surface area contributed by atoms with Crippen molar-refractivity contribution in [1.82, 2.24) is 0 Å². The van der Waals surface area contributed by atoms with Crippen LogP contribution in [0.15, 0.2) is 0 Å². The Morgan fingerprint density at radius 2 is 1.78 bits per heavy atom. The van der Waals surface area contributed by atoms with Crippen molar-refractivity contribution in [2.24, 2.45) is 0 Å². The topological polar surface area (TPSA) is 0 Å². The van der Waals surface area contributed by atoms with E-state index in [1.54, 1.807) is 12.1 Å². The molecule has 0 atom stereocenters. The highest BCUT2D eigenvalue weighted by molar-refractivity contribution is 7.08. The van der Waals surface area contributed by atoms with Crippen LogP contribution in [-0.2, 0) is 0 Å². The Morgan fingerprint density at radius 1 is 1.22 bits per heavy atom. The third-order valence-corrected chi connectivity index (χ3v) is 10.4. The molecule has 1 saturated heterocycles. The third kappa shape index (κ3) is 2.44. The van der Waals surface area contributed by atoms with E-state index in [9.17, 15) is 0 Å². The fourth-order valence-corrected chi connectivity index (χ4v) is 11.9. The molecule has 0 N–H and O–H groups in total. The minimum absolute atomic E-state index is 0.194. The molecular weight excluding hydrogens is 164 g/mol. The summed E-state index contributed by atoms with van der Waals surface area (Å²) in [6.45, 7) is 2.35. The van der Waals surface area contributed by atoms with Gasteiger partial charge < -0.3 is 0 Å². The maximum absolute atomic E-state index is 6.10. The summed E-state index contributed by atoms with van der Waals surface area (Å²) in [4.78, 5) is 0. The van der Waals surface area contributed by atoms with E-state index in [2.05, 4.69) is 6.92 Å². The zero-order valence-electron chi connectivity index (χ0n) is 6.07. The molecule has 0 aromatic heterocycles. The van der Waals surface area contributed by atoms with Gasteiger partial charge in [0.15, 0.2) is 0 Å². The number of halogens is 1. The molecule has 1 fully saturated rings. The maximum atomic E-state index is 6.10. The van der Waals surface area contributed by atoms with E-state index >= 15 is 0 Å². The van der Waals surface area contributed by atoms with E-state index in [1.165, 1.54) is 18.1 Å². The molecule has 0 unspecified atom stereocenters. The Labute approximate surface area is 65.5 Å². The van der Waals surface area contributed by atoms with Crippen LogP contribution < -0.4 is 0 Å². The molecule has 0 aromatic rings. The highest BCUT2D eigenvalue weighted by atomic mass is 35.6. The first-order valence-corrected chi connectivity index (χ1v) is 9.79. The molecular formula is C6H15ClSi2.